The standard InChI is InChI=1S/C13H17F2N/c1-9-4-2-5-10(8-9)16-13-11(14)6-3-7-12(13)15/h3,6-7,9-10,16H,2,4-5,8H2,1H3. The summed E-state index contributed by atoms with van der Waals surface area (Å²) >= 11 is 0. The molecule has 1 aliphatic rings. The fourth-order valence-electron chi connectivity index (χ4n) is 2.41. The number of hydrogen-bond acceptors (Lipinski definition) is 1. The molecule has 1 aromatic carbocycles. The van der Waals surface area contributed by atoms with Crippen LogP contribution in [0.4, 0.5) is 14.5 Å². The van der Waals surface area contributed by atoms with Gasteiger partial charge in [-0.1, -0.05) is 25.8 Å². The van der Waals surface area contributed by atoms with E-state index in [0.717, 1.165) is 19.3 Å². The van der Waals surface area contributed by atoms with Crippen LogP contribution in [0.15, 0.2) is 18.2 Å². The highest BCUT2D eigenvalue weighted by molar-refractivity contribution is 5.46. The number of halogens is 2. The second-order valence-corrected chi connectivity index (χ2v) is 4.71. The Kier molecular flexibility index (Phi) is 3.42. The van der Waals surface area contributed by atoms with Crippen molar-refractivity contribution in [2.24, 2.45) is 5.92 Å². The van der Waals surface area contributed by atoms with Gasteiger partial charge in [-0.15, -0.1) is 0 Å². The lowest BCUT2D eigenvalue weighted by molar-refractivity contribution is 0.357. The molecule has 1 fully saturated rings. The lowest BCUT2D eigenvalue weighted by Gasteiger charge is -2.28. The van der Waals surface area contributed by atoms with Gasteiger partial charge in [0.05, 0.1) is 0 Å². The predicted molar refractivity (Wildman–Crippen MR) is 61.4 cm³/mol. The first-order valence-electron chi connectivity index (χ1n) is 5.87. The zero-order valence-electron chi connectivity index (χ0n) is 9.47. The smallest absolute Gasteiger partial charge is 0.149 e. The van der Waals surface area contributed by atoms with E-state index in [1.807, 2.05) is 0 Å². The molecule has 1 N–H and O–H groups in total. The molecule has 1 aliphatic carbocycles. The molecular formula is C13H17F2N. The fourth-order valence-corrected chi connectivity index (χ4v) is 2.41. The summed E-state index contributed by atoms with van der Waals surface area (Å²) in [6.45, 7) is 2.19. The number of anilines is 1. The summed E-state index contributed by atoms with van der Waals surface area (Å²) < 4.78 is 26.8. The molecule has 16 heavy (non-hydrogen) atoms. The molecule has 3 heteroatoms. The Morgan fingerprint density at radius 3 is 2.50 bits per heavy atom. The summed E-state index contributed by atoms with van der Waals surface area (Å²) in [6, 6.07) is 4.17. The van der Waals surface area contributed by atoms with Crippen molar-refractivity contribution >= 4 is 5.69 Å². The Morgan fingerprint density at radius 2 is 1.88 bits per heavy atom. The minimum atomic E-state index is -0.502. The van der Waals surface area contributed by atoms with Gasteiger partial charge < -0.3 is 5.32 Å². The zero-order chi connectivity index (χ0) is 11.5. The molecule has 0 aliphatic heterocycles. The van der Waals surface area contributed by atoms with Gasteiger partial charge in [0.15, 0.2) is 0 Å². The number of para-hydroxylation sites is 1. The number of benzene rings is 1. The molecule has 0 amide bonds. The molecule has 0 radical (unpaired) electrons. The second kappa shape index (κ2) is 4.81. The first kappa shape index (κ1) is 11.4. The SMILES string of the molecule is CC1CCCC(Nc2c(F)cccc2F)C1. The molecular weight excluding hydrogens is 208 g/mol. The third-order valence-electron chi connectivity index (χ3n) is 3.25. The highest BCUT2D eigenvalue weighted by atomic mass is 19.1. The normalized spacial score (nSPS) is 25.4. The minimum absolute atomic E-state index is 0.0293. The number of hydrogen-bond donors (Lipinski definition) is 1. The van der Waals surface area contributed by atoms with Crippen molar-refractivity contribution in [3.63, 3.8) is 0 Å². The maximum atomic E-state index is 13.4. The molecule has 1 nitrogen and oxygen atoms in total. The molecule has 88 valence electrons. The highest BCUT2D eigenvalue weighted by Crippen LogP contribution is 2.28. The first-order chi connectivity index (χ1) is 7.66. The molecule has 2 atom stereocenters. The third-order valence-corrected chi connectivity index (χ3v) is 3.25. The summed E-state index contributed by atoms with van der Waals surface area (Å²) in [4.78, 5) is 0. The van der Waals surface area contributed by atoms with Crippen LogP contribution in [0, 0.1) is 17.6 Å². The Bertz CT molecular complexity index is 345. The van der Waals surface area contributed by atoms with E-state index < -0.39 is 11.6 Å². The van der Waals surface area contributed by atoms with Crippen molar-refractivity contribution < 1.29 is 8.78 Å². The third kappa shape index (κ3) is 2.52. The van der Waals surface area contributed by atoms with E-state index in [1.165, 1.54) is 24.6 Å². The molecule has 0 aromatic heterocycles. The van der Waals surface area contributed by atoms with Crippen LogP contribution in [0.5, 0.6) is 0 Å². The predicted octanol–water partition coefficient (Wildman–Crippen LogP) is 3.96. The first-order valence-corrected chi connectivity index (χ1v) is 5.87. The van der Waals surface area contributed by atoms with Crippen molar-refractivity contribution in [1.82, 2.24) is 0 Å². The van der Waals surface area contributed by atoms with Crippen molar-refractivity contribution in [3.05, 3.63) is 29.8 Å². The average Bonchev–Trinajstić information content (AvgIpc) is 2.24. The topological polar surface area (TPSA) is 12.0 Å². The highest BCUT2D eigenvalue weighted by Gasteiger charge is 2.20. The average molecular weight is 225 g/mol. The lowest BCUT2D eigenvalue weighted by Crippen LogP contribution is -2.27. The van der Waals surface area contributed by atoms with Crippen molar-refractivity contribution in [3.8, 4) is 0 Å². The number of rotatable bonds is 2. The van der Waals surface area contributed by atoms with Crippen LogP contribution in [0.1, 0.15) is 32.6 Å². The van der Waals surface area contributed by atoms with E-state index in [2.05, 4.69) is 12.2 Å². The van der Waals surface area contributed by atoms with Gasteiger partial charge >= 0.3 is 0 Å². The minimum Gasteiger partial charge on any atom is -0.378 e. The molecule has 0 spiro atoms. The molecule has 2 rings (SSSR count). The maximum absolute atomic E-state index is 13.4. The van der Waals surface area contributed by atoms with E-state index in [-0.39, 0.29) is 11.7 Å². The van der Waals surface area contributed by atoms with Gasteiger partial charge in [0.2, 0.25) is 0 Å². The summed E-state index contributed by atoms with van der Waals surface area (Å²) in [5.74, 6) is -0.363. The van der Waals surface area contributed by atoms with Crippen LogP contribution in [0.25, 0.3) is 0 Å². The van der Waals surface area contributed by atoms with Gasteiger partial charge in [-0.3, -0.25) is 0 Å². The van der Waals surface area contributed by atoms with Gasteiger partial charge in [-0.2, -0.15) is 0 Å². The zero-order valence-corrected chi connectivity index (χ0v) is 9.47. The summed E-state index contributed by atoms with van der Waals surface area (Å²) in [6.07, 6.45) is 4.35. The maximum Gasteiger partial charge on any atom is 0.149 e. The molecule has 1 aromatic rings. The summed E-state index contributed by atoms with van der Waals surface area (Å²) in [5, 5.41) is 3.00. The monoisotopic (exact) mass is 225 g/mol. The van der Waals surface area contributed by atoms with Gasteiger partial charge in [0, 0.05) is 6.04 Å². The Hall–Kier alpha value is -1.12. The van der Waals surface area contributed by atoms with Crippen molar-refractivity contribution in [2.75, 3.05) is 5.32 Å². The van der Waals surface area contributed by atoms with E-state index in [0.29, 0.717) is 5.92 Å². The largest absolute Gasteiger partial charge is 0.378 e. The van der Waals surface area contributed by atoms with E-state index >= 15 is 0 Å². The van der Waals surface area contributed by atoms with Crippen LogP contribution >= 0.6 is 0 Å². The van der Waals surface area contributed by atoms with Crippen LogP contribution in [0.3, 0.4) is 0 Å². The Balaban J connectivity index is 2.08. The van der Waals surface area contributed by atoms with Gasteiger partial charge in [-0.05, 0) is 30.9 Å². The molecule has 0 bridgehead atoms. The quantitative estimate of drug-likeness (QED) is 0.803. The van der Waals surface area contributed by atoms with Crippen LogP contribution in [-0.2, 0) is 0 Å². The summed E-state index contributed by atoms with van der Waals surface area (Å²) in [5.41, 5.74) is 0.0293. The summed E-state index contributed by atoms with van der Waals surface area (Å²) in [7, 11) is 0. The molecule has 0 saturated heterocycles. The van der Waals surface area contributed by atoms with Crippen LogP contribution in [-0.4, -0.2) is 6.04 Å². The van der Waals surface area contributed by atoms with Crippen LogP contribution < -0.4 is 5.32 Å². The Labute approximate surface area is 94.9 Å². The van der Waals surface area contributed by atoms with Gasteiger partial charge in [-0.25, -0.2) is 8.78 Å². The van der Waals surface area contributed by atoms with Crippen molar-refractivity contribution in [2.45, 2.75) is 38.6 Å². The van der Waals surface area contributed by atoms with E-state index in [9.17, 15) is 8.78 Å². The van der Waals surface area contributed by atoms with E-state index in [1.54, 1.807) is 0 Å². The van der Waals surface area contributed by atoms with Crippen molar-refractivity contribution in [1.29, 1.82) is 0 Å². The van der Waals surface area contributed by atoms with Gasteiger partial charge in [0.1, 0.15) is 17.3 Å². The second-order valence-electron chi connectivity index (χ2n) is 4.71. The molecule has 1 saturated carbocycles. The lowest BCUT2D eigenvalue weighted by atomic mass is 9.87. The van der Waals surface area contributed by atoms with Crippen LogP contribution in [0.2, 0.25) is 0 Å². The van der Waals surface area contributed by atoms with Gasteiger partial charge in [0.25, 0.3) is 0 Å². The Morgan fingerprint density at radius 1 is 1.19 bits per heavy atom. The molecule has 2 unspecified atom stereocenters. The van der Waals surface area contributed by atoms with E-state index in [4.69, 9.17) is 0 Å². The fraction of sp³-hybridized carbons (Fsp3) is 0.538. The molecule has 0 heterocycles. The number of nitrogens with one attached hydrogen (secondary N) is 1.